The highest BCUT2D eigenvalue weighted by Crippen LogP contribution is 2.23. The Morgan fingerprint density at radius 1 is 1.41 bits per heavy atom. The molecular formula is C16H24BrClN2O2. The van der Waals surface area contributed by atoms with Gasteiger partial charge in [0.05, 0.1) is 6.61 Å². The Balaban J connectivity index is 0.00000242. The van der Waals surface area contributed by atoms with Gasteiger partial charge in [0.2, 0.25) is 5.91 Å². The molecule has 2 rings (SSSR count). The highest BCUT2D eigenvalue weighted by atomic mass is 79.9. The molecule has 6 heteroatoms. The van der Waals surface area contributed by atoms with Gasteiger partial charge >= 0.3 is 0 Å². The van der Waals surface area contributed by atoms with Crippen LogP contribution in [0.4, 0.5) is 0 Å². The molecule has 1 N–H and O–H groups in total. The second-order valence-corrected chi connectivity index (χ2v) is 6.12. The maximum absolute atomic E-state index is 11.5. The van der Waals surface area contributed by atoms with Crippen molar-refractivity contribution in [2.45, 2.75) is 32.7 Å². The molecule has 0 spiro atoms. The Kier molecular flexibility index (Phi) is 8.83. The molecule has 0 saturated carbocycles. The third-order valence-electron chi connectivity index (χ3n) is 3.59. The molecule has 1 amide bonds. The molecule has 1 saturated heterocycles. The lowest BCUT2D eigenvalue weighted by atomic mass is 10.2. The first-order valence-electron chi connectivity index (χ1n) is 7.60. The van der Waals surface area contributed by atoms with Gasteiger partial charge in [-0.3, -0.25) is 4.79 Å². The SMILES string of the molecule is CCOc1ccc(Br)cc1CNCCCN1CCCC1=O.Cl. The number of amides is 1. The molecule has 0 atom stereocenters. The number of benzene rings is 1. The van der Waals surface area contributed by atoms with Crippen LogP contribution in [0, 0.1) is 0 Å². The summed E-state index contributed by atoms with van der Waals surface area (Å²) >= 11 is 3.49. The van der Waals surface area contributed by atoms with Crippen molar-refractivity contribution < 1.29 is 9.53 Å². The molecule has 1 aromatic rings. The number of hydrogen-bond acceptors (Lipinski definition) is 3. The summed E-state index contributed by atoms with van der Waals surface area (Å²) in [5, 5.41) is 3.43. The van der Waals surface area contributed by atoms with Crippen LogP contribution >= 0.6 is 28.3 Å². The predicted octanol–water partition coefficient (Wildman–Crippen LogP) is 3.37. The van der Waals surface area contributed by atoms with Gasteiger partial charge in [0.15, 0.2) is 0 Å². The van der Waals surface area contributed by atoms with Crippen molar-refractivity contribution in [3.63, 3.8) is 0 Å². The van der Waals surface area contributed by atoms with E-state index in [4.69, 9.17) is 4.74 Å². The van der Waals surface area contributed by atoms with Gasteiger partial charge in [-0.15, -0.1) is 12.4 Å². The van der Waals surface area contributed by atoms with Crippen molar-refractivity contribution in [2.24, 2.45) is 0 Å². The van der Waals surface area contributed by atoms with Gasteiger partial charge < -0.3 is 15.0 Å². The van der Waals surface area contributed by atoms with Gasteiger partial charge in [-0.05, 0) is 44.5 Å². The smallest absolute Gasteiger partial charge is 0.222 e. The normalized spacial score (nSPS) is 14.1. The van der Waals surface area contributed by atoms with Gasteiger partial charge in [0.25, 0.3) is 0 Å². The van der Waals surface area contributed by atoms with Crippen LogP contribution in [-0.2, 0) is 11.3 Å². The molecule has 22 heavy (non-hydrogen) atoms. The molecule has 0 bridgehead atoms. The zero-order valence-electron chi connectivity index (χ0n) is 12.9. The molecule has 1 heterocycles. The number of rotatable bonds is 8. The predicted molar refractivity (Wildman–Crippen MR) is 94.7 cm³/mol. The van der Waals surface area contributed by atoms with Gasteiger partial charge in [-0.1, -0.05) is 15.9 Å². The lowest BCUT2D eigenvalue weighted by Gasteiger charge is -2.16. The lowest BCUT2D eigenvalue weighted by Crippen LogP contribution is -2.28. The first kappa shape index (κ1) is 19.3. The molecule has 0 aliphatic carbocycles. The number of ether oxygens (including phenoxy) is 1. The third kappa shape index (κ3) is 5.78. The summed E-state index contributed by atoms with van der Waals surface area (Å²) in [7, 11) is 0. The first-order valence-corrected chi connectivity index (χ1v) is 8.39. The van der Waals surface area contributed by atoms with Crippen LogP contribution in [0.5, 0.6) is 5.75 Å². The fraction of sp³-hybridized carbons (Fsp3) is 0.562. The Hall–Kier alpha value is -0.780. The number of nitrogens with zero attached hydrogens (tertiary/aromatic N) is 1. The number of likely N-dealkylation sites (tertiary alicyclic amines) is 1. The van der Waals surface area contributed by atoms with E-state index in [1.807, 2.05) is 24.0 Å². The van der Waals surface area contributed by atoms with Crippen molar-refractivity contribution in [2.75, 3.05) is 26.2 Å². The lowest BCUT2D eigenvalue weighted by molar-refractivity contribution is -0.127. The summed E-state index contributed by atoms with van der Waals surface area (Å²) in [5.41, 5.74) is 1.16. The monoisotopic (exact) mass is 390 g/mol. The average Bonchev–Trinajstić information content (AvgIpc) is 2.87. The zero-order chi connectivity index (χ0) is 15.1. The van der Waals surface area contributed by atoms with Gasteiger partial charge in [0.1, 0.15) is 5.75 Å². The molecule has 4 nitrogen and oxygen atoms in total. The Bertz CT molecular complexity index is 485. The van der Waals surface area contributed by atoms with E-state index in [9.17, 15) is 4.79 Å². The maximum Gasteiger partial charge on any atom is 0.222 e. The largest absolute Gasteiger partial charge is 0.494 e. The molecule has 1 fully saturated rings. The van der Waals surface area contributed by atoms with Crippen LogP contribution in [0.15, 0.2) is 22.7 Å². The third-order valence-corrected chi connectivity index (χ3v) is 4.08. The second kappa shape index (κ2) is 10.1. The second-order valence-electron chi connectivity index (χ2n) is 5.20. The van der Waals surface area contributed by atoms with Crippen molar-refractivity contribution in [3.05, 3.63) is 28.2 Å². The number of halogens is 2. The summed E-state index contributed by atoms with van der Waals surface area (Å²) in [6.45, 7) is 6.14. The molecular weight excluding hydrogens is 368 g/mol. The Morgan fingerprint density at radius 3 is 2.91 bits per heavy atom. The van der Waals surface area contributed by atoms with Crippen LogP contribution in [0.1, 0.15) is 31.7 Å². The van der Waals surface area contributed by atoms with Crippen molar-refractivity contribution >= 4 is 34.2 Å². The molecule has 0 aromatic heterocycles. The van der Waals surface area contributed by atoms with E-state index < -0.39 is 0 Å². The topological polar surface area (TPSA) is 41.6 Å². The van der Waals surface area contributed by atoms with E-state index in [1.165, 1.54) is 0 Å². The first-order chi connectivity index (χ1) is 10.2. The van der Waals surface area contributed by atoms with E-state index in [0.717, 1.165) is 61.2 Å². The average molecular weight is 392 g/mol. The number of carbonyl (C=O) groups is 1. The fourth-order valence-corrected chi connectivity index (χ4v) is 2.95. The van der Waals surface area contributed by atoms with Crippen LogP contribution in [0.3, 0.4) is 0 Å². The molecule has 0 unspecified atom stereocenters. The summed E-state index contributed by atoms with van der Waals surface area (Å²) in [4.78, 5) is 13.5. The van der Waals surface area contributed by atoms with E-state index >= 15 is 0 Å². The Morgan fingerprint density at radius 2 is 2.23 bits per heavy atom. The van der Waals surface area contributed by atoms with Crippen molar-refractivity contribution in [1.29, 1.82) is 0 Å². The summed E-state index contributed by atoms with van der Waals surface area (Å²) < 4.78 is 6.69. The van der Waals surface area contributed by atoms with Crippen LogP contribution in [0.25, 0.3) is 0 Å². The minimum absolute atomic E-state index is 0. The molecule has 1 aliphatic heterocycles. The van der Waals surface area contributed by atoms with Crippen LogP contribution < -0.4 is 10.1 Å². The van der Waals surface area contributed by atoms with E-state index in [2.05, 4.69) is 27.3 Å². The quantitative estimate of drug-likeness (QED) is 0.691. The zero-order valence-corrected chi connectivity index (χ0v) is 15.3. The fourth-order valence-electron chi connectivity index (χ4n) is 2.54. The van der Waals surface area contributed by atoms with Gasteiger partial charge in [-0.2, -0.15) is 0 Å². The summed E-state index contributed by atoms with van der Waals surface area (Å²) in [6.07, 6.45) is 2.73. The van der Waals surface area contributed by atoms with E-state index in [1.54, 1.807) is 0 Å². The summed E-state index contributed by atoms with van der Waals surface area (Å²) in [6, 6.07) is 6.07. The van der Waals surface area contributed by atoms with Crippen molar-refractivity contribution in [1.82, 2.24) is 10.2 Å². The van der Waals surface area contributed by atoms with Crippen LogP contribution in [0.2, 0.25) is 0 Å². The van der Waals surface area contributed by atoms with E-state index in [0.29, 0.717) is 12.5 Å². The standard InChI is InChI=1S/C16H23BrN2O2.ClH/c1-2-21-15-7-6-14(17)11-13(15)12-18-8-4-10-19-9-3-5-16(19)20;/h6-7,11,18H,2-5,8-10,12H2,1H3;1H. The Labute approximate surface area is 147 Å². The highest BCUT2D eigenvalue weighted by molar-refractivity contribution is 9.10. The number of nitrogens with one attached hydrogen (secondary N) is 1. The van der Waals surface area contributed by atoms with Crippen molar-refractivity contribution in [3.8, 4) is 5.75 Å². The number of hydrogen-bond donors (Lipinski definition) is 1. The maximum atomic E-state index is 11.5. The minimum Gasteiger partial charge on any atom is -0.494 e. The molecule has 1 aliphatic rings. The van der Waals surface area contributed by atoms with Gasteiger partial charge in [0, 0.05) is 36.1 Å². The summed E-state index contributed by atoms with van der Waals surface area (Å²) in [5.74, 6) is 1.24. The van der Waals surface area contributed by atoms with E-state index in [-0.39, 0.29) is 12.4 Å². The highest BCUT2D eigenvalue weighted by Gasteiger charge is 2.18. The number of carbonyl (C=O) groups excluding carboxylic acids is 1. The van der Waals surface area contributed by atoms with Crippen LogP contribution in [-0.4, -0.2) is 37.0 Å². The minimum atomic E-state index is 0. The van der Waals surface area contributed by atoms with Gasteiger partial charge in [-0.25, -0.2) is 0 Å². The molecule has 1 aromatic carbocycles. The molecule has 124 valence electrons. The molecule has 0 radical (unpaired) electrons.